The Hall–Kier alpha value is -2.29. The molecule has 1 atom stereocenters. The van der Waals surface area contributed by atoms with Gasteiger partial charge in [0.25, 0.3) is 5.91 Å². The molecule has 1 saturated carbocycles. The Morgan fingerprint density at radius 3 is 2.55 bits per heavy atom. The van der Waals surface area contributed by atoms with Crippen LogP contribution in [-0.4, -0.2) is 46.0 Å². The number of sulfonamides is 1. The second-order valence-corrected chi connectivity index (χ2v) is 9.89. The molecule has 2 aromatic carbocycles. The third-order valence-corrected chi connectivity index (χ3v) is 7.68. The van der Waals surface area contributed by atoms with Gasteiger partial charge in [-0.05, 0) is 62.1 Å². The molecule has 2 fully saturated rings. The van der Waals surface area contributed by atoms with E-state index in [0.29, 0.717) is 18.0 Å². The van der Waals surface area contributed by atoms with Crippen LogP contribution in [0.15, 0.2) is 41.3 Å². The minimum atomic E-state index is -3.78. The molecule has 1 N–H and O–H groups in total. The van der Waals surface area contributed by atoms with E-state index in [2.05, 4.69) is 4.72 Å². The summed E-state index contributed by atoms with van der Waals surface area (Å²) in [7, 11) is -0.597. The van der Waals surface area contributed by atoms with Gasteiger partial charge in [-0.1, -0.05) is 11.6 Å². The van der Waals surface area contributed by atoms with Gasteiger partial charge in [-0.25, -0.2) is 13.1 Å². The largest absolute Gasteiger partial charge is 0.497 e. The van der Waals surface area contributed by atoms with Crippen LogP contribution in [0.1, 0.15) is 47.6 Å². The minimum absolute atomic E-state index is 0.0519. The standard InChI is InChI=1S/C22H25ClN2O5S/c1-29-16-8-10-20(30-2)17(13-16)19-4-3-11-25(19)22(26)14-5-9-18(23)21(12-14)31(27,28)24-15-6-7-15/h5,8-10,12-13,15,19,24H,3-4,6-7,11H2,1-2H3/t19-/m0/s1. The van der Waals surface area contributed by atoms with Crippen LogP contribution in [0.4, 0.5) is 0 Å². The Bertz CT molecular complexity index is 1100. The van der Waals surface area contributed by atoms with Crippen molar-refractivity contribution in [1.29, 1.82) is 0 Å². The number of nitrogens with zero attached hydrogens (tertiary/aromatic N) is 1. The van der Waals surface area contributed by atoms with Gasteiger partial charge in [0.1, 0.15) is 16.4 Å². The smallest absolute Gasteiger partial charge is 0.254 e. The first-order chi connectivity index (χ1) is 14.8. The van der Waals surface area contributed by atoms with Crippen LogP contribution in [0, 0.1) is 0 Å². The van der Waals surface area contributed by atoms with Gasteiger partial charge >= 0.3 is 0 Å². The molecule has 0 bridgehead atoms. The first-order valence-corrected chi connectivity index (χ1v) is 12.0. The average Bonchev–Trinajstić information content (AvgIpc) is 3.43. The number of rotatable bonds is 7. The molecular weight excluding hydrogens is 440 g/mol. The number of hydrogen-bond acceptors (Lipinski definition) is 5. The quantitative estimate of drug-likeness (QED) is 0.674. The summed E-state index contributed by atoms with van der Waals surface area (Å²) < 4.78 is 38.9. The van der Waals surface area contributed by atoms with E-state index in [-0.39, 0.29) is 33.5 Å². The van der Waals surface area contributed by atoms with Crippen molar-refractivity contribution in [2.75, 3.05) is 20.8 Å². The van der Waals surface area contributed by atoms with Crippen LogP contribution in [0.3, 0.4) is 0 Å². The zero-order chi connectivity index (χ0) is 22.2. The van der Waals surface area contributed by atoms with Gasteiger partial charge in [0.05, 0.1) is 25.3 Å². The Labute approximate surface area is 187 Å². The molecule has 0 radical (unpaired) electrons. The number of benzene rings is 2. The van der Waals surface area contributed by atoms with Crippen molar-refractivity contribution in [1.82, 2.24) is 9.62 Å². The highest BCUT2D eigenvalue weighted by Gasteiger charge is 2.34. The highest BCUT2D eigenvalue weighted by Crippen LogP contribution is 2.40. The van der Waals surface area contributed by atoms with Crippen molar-refractivity contribution in [3.63, 3.8) is 0 Å². The molecular formula is C22H25ClN2O5S. The summed E-state index contributed by atoms with van der Waals surface area (Å²) in [5.41, 5.74) is 1.15. The van der Waals surface area contributed by atoms with Crippen LogP contribution < -0.4 is 14.2 Å². The molecule has 9 heteroatoms. The Kier molecular flexibility index (Phi) is 6.14. The lowest BCUT2D eigenvalue weighted by Crippen LogP contribution is -2.31. The number of halogens is 1. The van der Waals surface area contributed by atoms with Crippen molar-refractivity contribution in [3.8, 4) is 11.5 Å². The van der Waals surface area contributed by atoms with E-state index < -0.39 is 10.0 Å². The average molecular weight is 465 g/mol. The van der Waals surface area contributed by atoms with E-state index >= 15 is 0 Å². The SMILES string of the molecule is COc1ccc(OC)c([C@@H]2CCCN2C(=O)c2ccc(Cl)c(S(=O)(=O)NC3CC3)c2)c1. The predicted molar refractivity (Wildman–Crippen MR) is 117 cm³/mol. The van der Waals surface area contributed by atoms with Gasteiger partial charge in [0.2, 0.25) is 10.0 Å². The van der Waals surface area contributed by atoms with Gasteiger partial charge < -0.3 is 14.4 Å². The zero-order valence-electron chi connectivity index (χ0n) is 17.4. The number of carbonyl (C=O) groups is 1. The third kappa shape index (κ3) is 4.51. The van der Waals surface area contributed by atoms with Crippen LogP contribution in [-0.2, 0) is 10.0 Å². The Morgan fingerprint density at radius 1 is 1.10 bits per heavy atom. The van der Waals surface area contributed by atoms with E-state index in [9.17, 15) is 13.2 Å². The molecule has 166 valence electrons. The molecule has 0 aromatic heterocycles. The molecule has 0 spiro atoms. The molecule has 1 heterocycles. The van der Waals surface area contributed by atoms with E-state index in [1.807, 2.05) is 18.2 Å². The third-order valence-electron chi connectivity index (χ3n) is 5.68. The molecule has 1 amide bonds. The highest BCUT2D eigenvalue weighted by molar-refractivity contribution is 7.89. The summed E-state index contributed by atoms with van der Waals surface area (Å²) in [6.07, 6.45) is 3.23. The molecule has 1 saturated heterocycles. The fourth-order valence-corrected chi connectivity index (χ4v) is 5.76. The van der Waals surface area contributed by atoms with Crippen molar-refractivity contribution in [2.45, 2.75) is 42.7 Å². The minimum Gasteiger partial charge on any atom is -0.497 e. The summed E-state index contributed by atoms with van der Waals surface area (Å²) in [5, 5.41) is 0.0946. The molecule has 31 heavy (non-hydrogen) atoms. The lowest BCUT2D eigenvalue weighted by atomic mass is 10.0. The number of carbonyl (C=O) groups excluding carboxylic acids is 1. The van der Waals surface area contributed by atoms with Crippen LogP contribution in [0.25, 0.3) is 0 Å². The maximum atomic E-state index is 13.4. The number of methoxy groups -OCH3 is 2. The first-order valence-electron chi connectivity index (χ1n) is 10.2. The summed E-state index contributed by atoms with van der Waals surface area (Å²) in [6.45, 7) is 0.564. The molecule has 1 aliphatic heterocycles. The molecule has 7 nitrogen and oxygen atoms in total. The van der Waals surface area contributed by atoms with Gasteiger partial charge in [-0.15, -0.1) is 0 Å². The van der Waals surface area contributed by atoms with Crippen molar-refractivity contribution < 1.29 is 22.7 Å². The predicted octanol–water partition coefficient (Wildman–Crippen LogP) is 3.78. The maximum Gasteiger partial charge on any atom is 0.254 e. The van der Waals surface area contributed by atoms with Gasteiger partial charge in [0, 0.05) is 23.7 Å². The molecule has 2 aliphatic rings. The fraction of sp³-hybridized carbons (Fsp3) is 0.409. The normalized spacial score (nSPS) is 18.8. The number of hydrogen-bond donors (Lipinski definition) is 1. The summed E-state index contributed by atoms with van der Waals surface area (Å²) in [5.74, 6) is 1.12. The lowest BCUT2D eigenvalue weighted by molar-refractivity contribution is 0.0733. The monoisotopic (exact) mass is 464 g/mol. The molecule has 0 unspecified atom stereocenters. The van der Waals surface area contributed by atoms with E-state index in [1.54, 1.807) is 25.2 Å². The van der Waals surface area contributed by atoms with E-state index in [4.69, 9.17) is 21.1 Å². The zero-order valence-corrected chi connectivity index (χ0v) is 19.0. The van der Waals surface area contributed by atoms with Gasteiger partial charge in [-0.3, -0.25) is 4.79 Å². The molecule has 1 aliphatic carbocycles. The van der Waals surface area contributed by atoms with Crippen molar-refractivity contribution in [2.24, 2.45) is 0 Å². The molecule has 2 aromatic rings. The topological polar surface area (TPSA) is 84.9 Å². The summed E-state index contributed by atoms with van der Waals surface area (Å²) >= 11 is 6.17. The Balaban J connectivity index is 1.66. The second kappa shape index (κ2) is 8.68. The number of nitrogens with one attached hydrogen (secondary N) is 1. The van der Waals surface area contributed by atoms with Gasteiger partial charge in [0.15, 0.2) is 0 Å². The number of likely N-dealkylation sites (tertiary alicyclic amines) is 1. The summed E-state index contributed by atoms with van der Waals surface area (Å²) in [4.78, 5) is 15.1. The lowest BCUT2D eigenvalue weighted by Gasteiger charge is -2.27. The first kappa shape index (κ1) is 21.9. The highest BCUT2D eigenvalue weighted by atomic mass is 35.5. The van der Waals surface area contributed by atoms with Gasteiger partial charge in [-0.2, -0.15) is 0 Å². The van der Waals surface area contributed by atoms with Crippen molar-refractivity contribution >= 4 is 27.5 Å². The fourth-order valence-electron chi connectivity index (χ4n) is 3.93. The number of amides is 1. The van der Waals surface area contributed by atoms with Crippen LogP contribution >= 0.6 is 11.6 Å². The Morgan fingerprint density at radius 2 is 1.87 bits per heavy atom. The van der Waals surface area contributed by atoms with Crippen LogP contribution in [0.5, 0.6) is 11.5 Å². The van der Waals surface area contributed by atoms with Crippen molar-refractivity contribution in [3.05, 3.63) is 52.5 Å². The second-order valence-electron chi connectivity index (χ2n) is 7.81. The van der Waals surface area contributed by atoms with E-state index in [1.165, 1.54) is 12.1 Å². The summed E-state index contributed by atoms with van der Waals surface area (Å²) in [6, 6.07) is 9.67. The van der Waals surface area contributed by atoms with E-state index in [0.717, 1.165) is 31.2 Å². The van der Waals surface area contributed by atoms with Crippen LogP contribution in [0.2, 0.25) is 5.02 Å². The molecule has 4 rings (SSSR count). The maximum absolute atomic E-state index is 13.4. The number of ether oxygens (including phenoxy) is 2.